The summed E-state index contributed by atoms with van der Waals surface area (Å²) in [6.45, 7) is 3.71. The number of imidazole rings is 1. The molecule has 1 aliphatic rings. The highest BCUT2D eigenvalue weighted by Gasteiger charge is 2.21. The van der Waals surface area contributed by atoms with Gasteiger partial charge in [-0.25, -0.2) is 4.98 Å². The molecule has 152 valence electrons. The van der Waals surface area contributed by atoms with Gasteiger partial charge in [-0.3, -0.25) is 10.1 Å². The topological polar surface area (TPSA) is 91.4 Å². The van der Waals surface area contributed by atoms with Gasteiger partial charge in [0.15, 0.2) is 0 Å². The van der Waals surface area contributed by atoms with Gasteiger partial charge in [0, 0.05) is 12.7 Å². The summed E-state index contributed by atoms with van der Waals surface area (Å²) in [7, 11) is 0. The molecule has 7 nitrogen and oxygen atoms in total. The molecule has 4 rings (SSSR count). The molecule has 0 aliphatic carbocycles. The van der Waals surface area contributed by atoms with Crippen LogP contribution in [0.2, 0.25) is 0 Å². The van der Waals surface area contributed by atoms with Crippen molar-refractivity contribution in [2.45, 2.75) is 45.0 Å². The summed E-state index contributed by atoms with van der Waals surface area (Å²) in [5.74, 6) is 2.00. The SMILES string of the molecule is C[C@H](NCc1nc2ccc(Oc3ccccc3)cc2n1C[C@H]1CCCO1)C(N)=O. The van der Waals surface area contributed by atoms with Gasteiger partial charge >= 0.3 is 0 Å². The van der Waals surface area contributed by atoms with Gasteiger partial charge in [-0.15, -0.1) is 0 Å². The fourth-order valence-corrected chi connectivity index (χ4v) is 3.52. The molecular weight excluding hydrogens is 368 g/mol. The zero-order valence-electron chi connectivity index (χ0n) is 16.5. The molecule has 1 aromatic heterocycles. The molecule has 0 spiro atoms. The van der Waals surface area contributed by atoms with Crippen LogP contribution in [0.5, 0.6) is 11.5 Å². The van der Waals surface area contributed by atoms with Crippen LogP contribution in [0.3, 0.4) is 0 Å². The number of nitrogens with one attached hydrogen (secondary N) is 1. The average Bonchev–Trinajstić information content (AvgIpc) is 3.35. The minimum absolute atomic E-state index is 0.165. The molecule has 7 heteroatoms. The largest absolute Gasteiger partial charge is 0.457 e. The number of nitrogens with zero attached hydrogens (tertiary/aromatic N) is 2. The molecule has 3 aromatic rings. The number of carbonyl (C=O) groups excluding carboxylic acids is 1. The monoisotopic (exact) mass is 394 g/mol. The predicted molar refractivity (Wildman–Crippen MR) is 111 cm³/mol. The van der Waals surface area contributed by atoms with E-state index < -0.39 is 6.04 Å². The third-order valence-corrected chi connectivity index (χ3v) is 5.18. The fraction of sp³-hybridized carbons (Fsp3) is 0.364. The van der Waals surface area contributed by atoms with Crippen molar-refractivity contribution in [3.05, 3.63) is 54.4 Å². The molecule has 2 atom stereocenters. The number of nitrogens with two attached hydrogens (primary N) is 1. The summed E-state index contributed by atoms with van der Waals surface area (Å²) in [4.78, 5) is 16.1. The van der Waals surface area contributed by atoms with Crippen LogP contribution in [-0.2, 0) is 22.6 Å². The van der Waals surface area contributed by atoms with Crippen molar-refractivity contribution in [3.63, 3.8) is 0 Å². The van der Waals surface area contributed by atoms with E-state index in [1.165, 1.54) is 0 Å². The summed E-state index contributed by atoms with van der Waals surface area (Å²) in [6, 6.07) is 15.1. The molecule has 3 N–H and O–H groups in total. The summed E-state index contributed by atoms with van der Waals surface area (Å²) in [6.07, 6.45) is 2.27. The van der Waals surface area contributed by atoms with Gasteiger partial charge in [0.05, 0.1) is 36.3 Å². The molecule has 0 radical (unpaired) electrons. The van der Waals surface area contributed by atoms with E-state index in [2.05, 4.69) is 9.88 Å². The van der Waals surface area contributed by atoms with Crippen molar-refractivity contribution < 1.29 is 14.3 Å². The lowest BCUT2D eigenvalue weighted by molar-refractivity contribution is -0.119. The van der Waals surface area contributed by atoms with E-state index in [1.807, 2.05) is 48.5 Å². The van der Waals surface area contributed by atoms with E-state index in [4.69, 9.17) is 20.2 Å². The molecule has 0 bridgehead atoms. The molecule has 1 amide bonds. The van der Waals surface area contributed by atoms with Crippen LogP contribution in [0.25, 0.3) is 11.0 Å². The Morgan fingerprint density at radius 2 is 2.14 bits per heavy atom. The maximum absolute atomic E-state index is 11.4. The zero-order chi connectivity index (χ0) is 20.2. The quantitative estimate of drug-likeness (QED) is 0.613. The van der Waals surface area contributed by atoms with Crippen molar-refractivity contribution in [1.82, 2.24) is 14.9 Å². The number of primary amides is 1. The molecule has 0 unspecified atom stereocenters. The molecule has 2 heterocycles. The number of fused-ring (bicyclic) bond motifs is 1. The highest BCUT2D eigenvalue weighted by atomic mass is 16.5. The van der Waals surface area contributed by atoms with Crippen LogP contribution in [0.15, 0.2) is 48.5 Å². The summed E-state index contributed by atoms with van der Waals surface area (Å²) in [5, 5.41) is 3.15. The lowest BCUT2D eigenvalue weighted by Crippen LogP contribution is -2.38. The summed E-state index contributed by atoms with van der Waals surface area (Å²) < 4.78 is 14.0. The number of aromatic nitrogens is 2. The Bertz CT molecular complexity index is 980. The zero-order valence-corrected chi connectivity index (χ0v) is 16.5. The normalized spacial score (nSPS) is 17.5. The standard InChI is InChI=1S/C22H26N4O3/c1-15(22(23)27)24-13-21-25-19-10-9-17(29-16-6-3-2-4-7-16)12-20(19)26(21)14-18-8-5-11-28-18/h2-4,6-7,9-10,12,15,18,24H,5,8,11,13-14H2,1H3,(H2,23,27)/t15-,18+/m0/s1. The number of hydrogen-bond acceptors (Lipinski definition) is 5. The number of benzene rings is 2. The molecule has 1 fully saturated rings. The minimum Gasteiger partial charge on any atom is -0.457 e. The Labute approximate surface area is 169 Å². The number of ether oxygens (including phenoxy) is 2. The van der Waals surface area contributed by atoms with E-state index in [0.717, 1.165) is 47.8 Å². The number of carbonyl (C=O) groups is 1. The molecule has 1 saturated heterocycles. The lowest BCUT2D eigenvalue weighted by atomic mass is 10.2. The Hall–Kier alpha value is -2.90. The summed E-state index contributed by atoms with van der Waals surface area (Å²) >= 11 is 0. The predicted octanol–water partition coefficient (Wildman–Crippen LogP) is 2.97. The molecule has 0 saturated carbocycles. The first kappa shape index (κ1) is 19.4. The fourth-order valence-electron chi connectivity index (χ4n) is 3.52. The third-order valence-electron chi connectivity index (χ3n) is 5.18. The number of rotatable bonds is 8. The molecule has 2 aromatic carbocycles. The third kappa shape index (κ3) is 4.58. The van der Waals surface area contributed by atoms with Crippen LogP contribution >= 0.6 is 0 Å². The van der Waals surface area contributed by atoms with Gasteiger partial charge < -0.3 is 19.8 Å². The highest BCUT2D eigenvalue weighted by molar-refractivity contribution is 5.79. The van der Waals surface area contributed by atoms with Crippen molar-refractivity contribution in [1.29, 1.82) is 0 Å². The number of para-hydroxylation sites is 1. The summed E-state index contributed by atoms with van der Waals surface area (Å²) in [5.41, 5.74) is 7.24. The van der Waals surface area contributed by atoms with Crippen molar-refractivity contribution >= 4 is 16.9 Å². The van der Waals surface area contributed by atoms with Gasteiger partial charge in [0.2, 0.25) is 5.91 Å². The molecular formula is C22H26N4O3. The molecule has 1 aliphatic heterocycles. The van der Waals surface area contributed by atoms with Crippen molar-refractivity contribution in [2.24, 2.45) is 5.73 Å². The molecule has 29 heavy (non-hydrogen) atoms. The van der Waals surface area contributed by atoms with E-state index in [0.29, 0.717) is 13.1 Å². The highest BCUT2D eigenvalue weighted by Crippen LogP contribution is 2.27. The maximum atomic E-state index is 11.4. The van der Waals surface area contributed by atoms with E-state index >= 15 is 0 Å². The van der Waals surface area contributed by atoms with Gasteiger partial charge in [0.1, 0.15) is 17.3 Å². The number of hydrogen-bond donors (Lipinski definition) is 2. The Morgan fingerprint density at radius 1 is 1.31 bits per heavy atom. The number of amides is 1. The van der Waals surface area contributed by atoms with Gasteiger partial charge in [0.25, 0.3) is 0 Å². The first-order valence-corrected chi connectivity index (χ1v) is 9.96. The Balaban J connectivity index is 1.64. The minimum atomic E-state index is -0.428. The van der Waals surface area contributed by atoms with Crippen molar-refractivity contribution in [2.75, 3.05) is 6.61 Å². The second-order valence-electron chi connectivity index (χ2n) is 7.34. The van der Waals surface area contributed by atoms with Gasteiger partial charge in [-0.2, -0.15) is 0 Å². The first-order chi connectivity index (χ1) is 14.1. The second kappa shape index (κ2) is 8.63. The van der Waals surface area contributed by atoms with Crippen LogP contribution in [0.1, 0.15) is 25.6 Å². The van der Waals surface area contributed by atoms with E-state index in [9.17, 15) is 4.79 Å². The Kier molecular flexibility index (Phi) is 5.78. The van der Waals surface area contributed by atoms with Gasteiger partial charge in [-0.05, 0) is 44.0 Å². The Morgan fingerprint density at radius 3 is 2.86 bits per heavy atom. The van der Waals surface area contributed by atoms with E-state index in [-0.39, 0.29) is 12.0 Å². The first-order valence-electron chi connectivity index (χ1n) is 9.96. The lowest BCUT2D eigenvalue weighted by Gasteiger charge is -2.16. The van der Waals surface area contributed by atoms with Gasteiger partial charge in [-0.1, -0.05) is 18.2 Å². The van der Waals surface area contributed by atoms with Crippen LogP contribution in [0.4, 0.5) is 0 Å². The van der Waals surface area contributed by atoms with Crippen LogP contribution < -0.4 is 15.8 Å². The second-order valence-corrected chi connectivity index (χ2v) is 7.34. The van der Waals surface area contributed by atoms with Crippen molar-refractivity contribution in [3.8, 4) is 11.5 Å². The van der Waals surface area contributed by atoms with E-state index in [1.54, 1.807) is 6.92 Å². The average molecular weight is 394 g/mol. The van der Waals surface area contributed by atoms with Crippen LogP contribution in [-0.4, -0.2) is 34.2 Å². The smallest absolute Gasteiger partial charge is 0.234 e. The van der Waals surface area contributed by atoms with Crippen LogP contribution in [0, 0.1) is 0 Å². The maximum Gasteiger partial charge on any atom is 0.234 e.